The molecule has 1 atom stereocenters. The van der Waals surface area contributed by atoms with Gasteiger partial charge in [-0.1, -0.05) is 36.4 Å². The number of likely N-dealkylation sites (tertiary alicyclic amines) is 1. The van der Waals surface area contributed by atoms with Crippen LogP contribution in [0.1, 0.15) is 52.9 Å². The van der Waals surface area contributed by atoms with E-state index in [0.717, 1.165) is 73.8 Å². The summed E-state index contributed by atoms with van der Waals surface area (Å²) in [5.74, 6) is 0.0889. The molecule has 3 aromatic rings. The average Bonchev–Trinajstić information content (AvgIpc) is 3.32. The van der Waals surface area contributed by atoms with E-state index in [1.165, 1.54) is 0 Å². The molecule has 7 rings (SSSR count). The number of fused-ring (bicyclic) bond motifs is 1. The molecular weight excluding hydrogens is 530 g/mol. The van der Waals surface area contributed by atoms with Crippen molar-refractivity contribution in [2.24, 2.45) is 5.41 Å². The van der Waals surface area contributed by atoms with E-state index in [2.05, 4.69) is 38.3 Å². The molecule has 1 N–H and O–H groups in total. The van der Waals surface area contributed by atoms with Gasteiger partial charge in [0.1, 0.15) is 18.4 Å². The van der Waals surface area contributed by atoms with E-state index in [1.807, 2.05) is 48.7 Å². The third-order valence-electron chi connectivity index (χ3n) is 9.29. The Morgan fingerprint density at radius 1 is 0.976 bits per heavy atom. The van der Waals surface area contributed by atoms with Gasteiger partial charge in [-0.3, -0.25) is 29.6 Å². The van der Waals surface area contributed by atoms with Gasteiger partial charge in [0.05, 0.1) is 5.69 Å². The second-order valence-corrected chi connectivity index (χ2v) is 12.1. The van der Waals surface area contributed by atoms with Crippen molar-refractivity contribution < 1.29 is 19.1 Å². The Hall–Kier alpha value is -4.24. The number of hydrogen-bond donors (Lipinski definition) is 1. The van der Waals surface area contributed by atoms with Gasteiger partial charge in [-0.15, -0.1) is 0 Å². The number of anilines is 1. The first-order valence-corrected chi connectivity index (χ1v) is 14.8. The van der Waals surface area contributed by atoms with Crippen LogP contribution in [0.2, 0.25) is 0 Å². The number of nitrogens with one attached hydrogen (secondary N) is 1. The average molecular weight is 566 g/mol. The summed E-state index contributed by atoms with van der Waals surface area (Å²) in [5.41, 5.74) is 5.23. The number of ether oxygens (including phenoxy) is 1. The molecule has 3 saturated heterocycles. The molecular formula is C33H35N5O4. The lowest BCUT2D eigenvalue weighted by atomic mass is 9.71. The van der Waals surface area contributed by atoms with Crippen molar-refractivity contribution in [3.63, 3.8) is 0 Å². The lowest BCUT2D eigenvalue weighted by molar-refractivity contribution is -0.136. The monoisotopic (exact) mass is 565 g/mol. The number of benzene rings is 2. The summed E-state index contributed by atoms with van der Waals surface area (Å²) in [6.45, 7) is 5.77. The van der Waals surface area contributed by atoms with Crippen LogP contribution in [0.25, 0.3) is 0 Å². The molecule has 0 aliphatic carbocycles. The smallest absolute Gasteiger partial charge is 0.255 e. The molecule has 9 heteroatoms. The molecule has 1 spiro atoms. The first kappa shape index (κ1) is 26.6. The van der Waals surface area contributed by atoms with Gasteiger partial charge in [0.25, 0.3) is 5.91 Å². The van der Waals surface area contributed by atoms with Gasteiger partial charge in [0.2, 0.25) is 11.8 Å². The fourth-order valence-corrected chi connectivity index (χ4v) is 6.90. The highest BCUT2D eigenvalue weighted by molar-refractivity contribution is 6.06. The molecule has 3 fully saturated rings. The zero-order valence-corrected chi connectivity index (χ0v) is 23.6. The Bertz CT molecular complexity index is 1510. The second-order valence-electron chi connectivity index (χ2n) is 12.1. The van der Waals surface area contributed by atoms with Gasteiger partial charge in [0.15, 0.2) is 0 Å². The van der Waals surface area contributed by atoms with Gasteiger partial charge in [-0.05, 0) is 56.1 Å². The first-order chi connectivity index (χ1) is 20.5. The van der Waals surface area contributed by atoms with E-state index >= 15 is 0 Å². The third-order valence-corrected chi connectivity index (χ3v) is 9.29. The van der Waals surface area contributed by atoms with Crippen molar-refractivity contribution in [2.45, 2.75) is 51.4 Å². The van der Waals surface area contributed by atoms with E-state index in [1.54, 1.807) is 4.90 Å². The number of pyridine rings is 1. The fourth-order valence-electron chi connectivity index (χ4n) is 6.90. The van der Waals surface area contributed by atoms with Gasteiger partial charge in [-0.25, -0.2) is 0 Å². The number of nitrogens with zero attached hydrogens (tertiary/aromatic N) is 4. The maximum Gasteiger partial charge on any atom is 0.255 e. The number of piperidine rings is 2. The standard InChI is InChI=1S/C33H35N5O4/c39-30-10-9-29(31(40)35-30)38-19-27-26(32(38)41)7-4-8-28(27)37-21-33(22-37)12-15-36(16-13-33)18-24-17-25(11-14-34-24)42-20-23-5-2-1-3-6-23/h1-8,11,14,17,29H,9-10,12-13,15-16,18-22H2,(H,35,39,40). The quantitative estimate of drug-likeness (QED) is 0.438. The molecule has 4 aliphatic heterocycles. The van der Waals surface area contributed by atoms with Crippen LogP contribution in [0.5, 0.6) is 5.75 Å². The topological polar surface area (TPSA) is 95.1 Å². The maximum atomic E-state index is 13.2. The summed E-state index contributed by atoms with van der Waals surface area (Å²) in [5, 5.41) is 2.39. The summed E-state index contributed by atoms with van der Waals surface area (Å²) >= 11 is 0. The Morgan fingerprint density at radius 2 is 1.79 bits per heavy atom. The highest BCUT2D eigenvalue weighted by Gasteiger charge is 2.47. The molecule has 42 heavy (non-hydrogen) atoms. The number of amides is 3. The van der Waals surface area contributed by atoms with Crippen molar-refractivity contribution in [3.05, 3.63) is 89.2 Å². The Labute approximate surface area is 245 Å². The Morgan fingerprint density at radius 3 is 2.57 bits per heavy atom. The normalized spacial score (nSPS) is 21.7. The minimum Gasteiger partial charge on any atom is -0.489 e. The maximum absolute atomic E-state index is 13.2. The zero-order valence-electron chi connectivity index (χ0n) is 23.6. The van der Waals surface area contributed by atoms with Crippen LogP contribution >= 0.6 is 0 Å². The summed E-state index contributed by atoms with van der Waals surface area (Å²) in [7, 11) is 0. The number of rotatable bonds is 7. The molecule has 2 aromatic carbocycles. The van der Waals surface area contributed by atoms with E-state index in [0.29, 0.717) is 30.6 Å². The summed E-state index contributed by atoms with van der Waals surface area (Å²) in [6.07, 6.45) is 4.73. The van der Waals surface area contributed by atoms with Crippen LogP contribution < -0.4 is 15.0 Å². The van der Waals surface area contributed by atoms with Crippen molar-refractivity contribution in [2.75, 3.05) is 31.1 Å². The van der Waals surface area contributed by atoms with Crippen molar-refractivity contribution >= 4 is 23.4 Å². The Kier molecular flexibility index (Phi) is 6.90. The van der Waals surface area contributed by atoms with E-state index in [4.69, 9.17) is 4.74 Å². The summed E-state index contributed by atoms with van der Waals surface area (Å²) in [6, 6.07) is 19.4. The largest absolute Gasteiger partial charge is 0.489 e. The summed E-state index contributed by atoms with van der Waals surface area (Å²) < 4.78 is 6.00. The third kappa shape index (κ3) is 5.13. The molecule has 4 aliphatic rings. The minimum absolute atomic E-state index is 0.118. The van der Waals surface area contributed by atoms with Crippen LogP contribution in [0.15, 0.2) is 66.9 Å². The van der Waals surface area contributed by atoms with Crippen LogP contribution in [-0.2, 0) is 29.3 Å². The molecule has 3 amide bonds. The molecule has 0 saturated carbocycles. The van der Waals surface area contributed by atoms with Crippen LogP contribution in [0, 0.1) is 5.41 Å². The van der Waals surface area contributed by atoms with E-state index in [9.17, 15) is 14.4 Å². The lowest BCUT2D eigenvalue weighted by Crippen LogP contribution is -2.60. The van der Waals surface area contributed by atoms with Crippen molar-refractivity contribution in [1.29, 1.82) is 0 Å². The summed E-state index contributed by atoms with van der Waals surface area (Å²) in [4.78, 5) is 48.4. The number of carbonyl (C=O) groups is 3. The zero-order chi connectivity index (χ0) is 28.7. The molecule has 1 unspecified atom stereocenters. The first-order valence-electron chi connectivity index (χ1n) is 14.8. The van der Waals surface area contributed by atoms with Gasteiger partial charge in [0, 0.05) is 67.1 Å². The molecule has 0 bridgehead atoms. The number of aromatic nitrogens is 1. The second kappa shape index (κ2) is 10.9. The van der Waals surface area contributed by atoms with Crippen molar-refractivity contribution in [1.82, 2.24) is 20.1 Å². The van der Waals surface area contributed by atoms with Gasteiger partial charge in [-0.2, -0.15) is 0 Å². The molecule has 216 valence electrons. The predicted octanol–water partition coefficient (Wildman–Crippen LogP) is 3.52. The van der Waals surface area contributed by atoms with E-state index in [-0.39, 0.29) is 24.1 Å². The molecule has 1 aromatic heterocycles. The van der Waals surface area contributed by atoms with Crippen LogP contribution in [0.4, 0.5) is 5.69 Å². The number of hydrogen-bond acceptors (Lipinski definition) is 7. The predicted molar refractivity (Wildman–Crippen MR) is 157 cm³/mol. The van der Waals surface area contributed by atoms with E-state index < -0.39 is 6.04 Å². The SMILES string of the molecule is O=C1CCC(N2Cc3c(cccc3N3CC4(CCN(Cc5cc(OCc6ccccc6)ccn5)CC4)C3)C2=O)C(=O)N1. The molecule has 9 nitrogen and oxygen atoms in total. The highest BCUT2D eigenvalue weighted by Crippen LogP contribution is 2.45. The number of carbonyl (C=O) groups excluding carboxylic acids is 3. The Balaban J connectivity index is 0.937. The van der Waals surface area contributed by atoms with Crippen LogP contribution in [-0.4, -0.2) is 64.7 Å². The van der Waals surface area contributed by atoms with Crippen molar-refractivity contribution in [3.8, 4) is 5.75 Å². The minimum atomic E-state index is -0.590. The molecule has 5 heterocycles. The highest BCUT2D eigenvalue weighted by atomic mass is 16.5. The van der Waals surface area contributed by atoms with Gasteiger partial charge >= 0.3 is 0 Å². The van der Waals surface area contributed by atoms with Gasteiger partial charge < -0.3 is 14.5 Å². The lowest BCUT2D eigenvalue weighted by Gasteiger charge is -2.55. The number of imide groups is 1. The fraction of sp³-hybridized carbons (Fsp3) is 0.394. The molecule has 0 radical (unpaired) electrons. The van der Waals surface area contributed by atoms with Crippen LogP contribution in [0.3, 0.4) is 0 Å².